The number of thiazole rings is 1. The minimum atomic E-state index is -1.13. The van der Waals surface area contributed by atoms with Crippen molar-refractivity contribution in [3.8, 4) is 0 Å². The molecule has 0 spiro atoms. The third-order valence-corrected chi connectivity index (χ3v) is 7.68. The van der Waals surface area contributed by atoms with Crippen molar-refractivity contribution in [1.82, 2.24) is 15.0 Å². The van der Waals surface area contributed by atoms with E-state index >= 15 is 0 Å². The smallest absolute Gasteiger partial charge is 0.275 e. The second-order valence-electron chi connectivity index (χ2n) is 9.83. The number of nitrogens with one attached hydrogen (secondary N) is 1. The number of amides is 1. The molecule has 1 aliphatic carbocycles. The molecule has 170 valence electrons. The summed E-state index contributed by atoms with van der Waals surface area (Å²) in [6.45, 7) is 9.87. The van der Waals surface area contributed by atoms with Crippen LogP contribution in [0, 0.1) is 18.8 Å². The van der Waals surface area contributed by atoms with Crippen LogP contribution in [0.25, 0.3) is 10.2 Å². The molecular weight excluding hydrogens is 420 g/mol. The van der Waals surface area contributed by atoms with Gasteiger partial charge in [-0.15, -0.1) is 11.3 Å². The van der Waals surface area contributed by atoms with Crippen molar-refractivity contribution in [2.45, 2.75) is 71.8 Å². The van der Waals surface area contributed by atoms with Crippen molar-refractivity contribution in [1.29, 1.82) is 0 Å². The maximum Gasteiger partial charge on any atom is 0.275 e. The molecule has 4 rings (SSSR count). The van der Waals surface area contributed by atoms with Gasteiger partial charge in [0.15, 0.2) is 0 Å². The van der Waals surface area contributed by atoms with Gasteiger partial charge in [0, 0.05) is 23.4 Å². The van der Waals surface area contributed by atoms with Gasteiger partial charge in [-0.05, 0) is 70.4 Å². The average Bonchev–Trinajstić information content (AvgIpc) is 3.15. The van der Waals surface area contributed by atoms with E-state index < -0.39 is 5.60 Å². The summed E-state index contributed by atoms with van der Waals surface area (Å²) in [5, 5.41) is 14.9. The predicted octanol–water partition coefficient (Wildman–Crippen LogP) is 5.80. The average molecular weight is 453 g/mol. The molecule has 1 saturated carbocycles. The summed E-state index contributed by atoms with van der Waals surface area (Å²) >= 11 is 1.70. The lowest BCUT2D eigenvalue weighted by molar-refractivity contribution is 0.0794. The summed E-state index contributed by atoms with van der Waals surface area (Å²) < 4.78 is 1.02. The summed E-state index contributed by atoms with van der Waals surface area (Å²) in [5.41, 5.74) is 1.89. The summed E-state index contributed by atoms with van der Waals surface area (Å²) in [5.74, 6) is 1.70. The van der Waals surface area contributed by atoms with E-state index in [1.807, 2.05) is 12.1 Å². The summed E-state index contributed by atoms with van der Waals surface area (Å²) in [7, 11) is 0. The summed E-state index contributed by atoms with van der Waals surface area (Å²) in [6.07, 6.45) is 7.92. The van der Waals surface area contributed by atoms with Crippen molar-refractivity contribution < 1.29 is 9.90 Å². The third-order valence-electron chi connectivity index (χ3n) is 6.50. The Hall–Kier alpha value is -2.38. The Kier molecular flexibility index (Phi) is 6.32. The SMILES string of the molecule is Cc1cncc(C(=O)Nc2cc3sc([C@H]4CC[C@H](C(C)C)CC4)nc3cc2C(C)(C)O)n1. The highest BCUT2D eigenvalue weighted by molar-refractivity contribution is 7.18. The zero-order chi connectivity index (χ0) is 23.0. The van der Waals surface area contributed by atoms with Gasteiger partial charge >= 0.3 is 0 Å². The number of aryl methyl sites for hydroxylation is 1. The highest BCUT2D eigenvalue weighted by Gasteiger charge is 2.28. The van der Waals surface area contributed by atoms with Gasteiger partial charge in [0.25, 0.3) is 5.91 Å². The van der Waals surface area contributed by atoms with Crippen molar-refractivity contribution in [2.75, 3.05) is 5.32 Å². The number of carbonyl (C=O) groups is 1. The lowest BCUT2D eigenvalue weighted by atomic mass is 9.77. The fraction of sp³-hybridized carbons (Fsp3) is 0.520. The molecule has 3 aromatic rings. The molecule has 2 N–H and O–H groups in total. The summed E-state index contributed by atoms with van der Waals surface area (Å²) in [4.78, 5) is 26.1. The second kappa shape index (κ2) is 8.87. The predicted molar refractivity (Wildman–Crippen MR) is 129 cm³/mol. The molecule has 0 atom stereocenters. The number of rotatable bonds is 5. The van der Waals surface area contributed by atoms with Crippen LogP contribution in [0.5, 0.6) is 0 Å². The number of nitrogens with zero attached hydrogens (tertiary/aromatic N) is 3. The van der Waals surface area contributed by atoms with Crippen LogP contribution in [0.2, 0.25) is 0 Å². The van der Waals surface area contributed by atoms with Crippen molar-refractivity contribution >= 4 is 33.1 Å². The van der Waals surface area contributed by atoms with Crippen LogP contribution in [0.4, 0.5) is 5.69 Å². The Bertz CT molecular complexity index is 1120. The molecule has 1 aliphatic rings. The molecule has 7 heteroatoms. The Balaban J connectivity index is 1.64. The zero-order valence-corrected chi connectivity index (χ0v) is 20.3. The van der Waals surface area contributed by atoms with Gasteiger partial charge < -0.3 is 10.4 Å². The summed E-state index contributed by atoms with van der Waals surface area (Å²) in [6, 6.07) is 3.84. The van der Waals surface area contributed by atoms with Crippen molar-refractivity contribution in [3.63, 3.8) is 0 Å². The maximum atomic E-state index is 12.8. The minimum absolute atomic E-state index is 0.249. The Morgan fingerprint density at radius 3 is 2.50 bits per heavy atom. The van der Waals surface area contributed by atoms with E-state index in [1.165, 1.54) is 31.9 Å². The first-order valence-corrected chi connectivity index (χ1v) is 12.2. The van der Waals surface area contributed by atoms with E-state index in [4.69, 9.17) is 4.98 Å². The van der Waals surface area contributed by atoms with Gasteiger partial charge in [-0.2, -0.15) is 0 Å². The van der Waals surface area contributed by atoms with Gasteiger partial charge in [-0.1, -0.05) is 13.8 Å². The van der Waals surface area contributed by atoms with Gasteiger partial charge in [0.1, 0.15) is 5.69 Å². The van der Waals surface area contributed by atoms with Crippen LogP contribution in [0.1, 0.15) is 86.0 Å². The normalized spacial score (nSPS) is 19.5. The molecule has 1 fully saturated rings. The molecule has 0 bridgehead atoms. The molecular formula is C25H32N4O2S. The van der Waals surface area contributed by atoms with Crippen molar-refractivity contribution in [2.24, 2.45) is 11.8 Å². The maximum absolute atomic E-state index is 12.8. The zero-order valence-electron chi connectivity index (χ0n) is 19.5. The van der Waals surface area contributed by atoms with E-state index in [-0.39, 0.29) is 11.6 Å². The van der Waals surface area contributed by atoms with E-state index in [9.17, 15) is 9.90 Å². The first kappa shape index (κ1) is 22.8. The molecule has 32 heavy (non-hydrogen) atoms. The molecule has 2 heterocycles. The fourth-order valence-electron chi connectivity index (χ4n) is 4.57. The number of aromatic nitrogens is 3. The number of aliphatic hydroxyl groups is 1. The fourth-order valence-corrected chi connectivity index (χ4v) is 5.73. The highest BCUT2D eigenvalue weighted by Crippen LogP contribution is 2.42. The first-order valence-electron chi connectivity index (χ1n) is 11.4. The quantitative estimate of drug-likeness (QED) is 0.510. The topological polar surface area (TPSA) is 88.0 Å². The number of carbonyl (C=O) groups excluding carboxylic acids is 1. The van der Waals surface area contributed by atoms with Crippen LogP contribution in [-0.4, -0.2) is 26.0 Å². The molecule has 0 aliphatic heterocycles. The van der Waals surface area contributed by atoms with Crippen LogP contribution >= 0.6 is 11.3 Å². The van der Waals surface area contributed by atoms with Gasteiger partial charge in [-0.25, -0.2) is 9.97 Å². The molecule has 0 radical (unpaired) electrons. The number of hydrogen-bond donors (Lipinski definition) is 2. The molecule has 1 amide bonds. The molecule has 0 unspecified atom stereocenters. The van der Waals surface area contributed by atoms with Crippen LogP contribution in [0.15, 0.2) is 24.5 Å². The first-order chi connectivity index (χ1) is 15.1. The third kappa shape index (κ3) is 4.84. The van der Waals surface area contributed by atoms with E-state index in [2.05, 4.69) is 29.1 Å². The van der Waals surface area contributed by atoms with Crippen LogP contribution in [0.3, 0.4) is 0 Å². The van der Waals surface area contributed by atoms with Crippen LogP contribution < -0.4 is 5.32 Å². The minimum Gasteiger partial charge on any atom is -0.386 e. The Morgan fingerprint density at radius 2 is 1.88 bits per heavy atom. The van der Waals surface area contributed by atoms with Gasteiger partial charge in [0.2, 0.25) is 0 Å². The molecule has 2 aromatic heterocycles. The van der Waals surface area contributed by atoms with E-state index in [1.54, 1.807) is 38.3 Å². The molecule has 6 nitrogen and oxygen atoms in total. The largest absolute Gasteiger partial charge is 0.386 e. The second-order valence-corrected chi connectivity index (χ2v) is 10.9. The lowest BCUT2D eigenvalue weighted by Crippen LogP contribution is -2.21. The monoisotopic (exact) mass is 452 g/mol. The Morgan fingerprint density at radius 1 is 1.16 bits per heavy atom. The number of benzene rings is 1. The number of fused-ring (bicyclic) bond motifs is 1. The number of hydrogen-bond acceptors (Lipinski definition) is 6. The highest BCUT2D eigenvalue weighted by atomic mass is 32.1. The van der Waals surface area contributed by atoms with Gasteiger partial charge in [-0.3, -0.25) is 9.78 Å². The van der Waals surface area contributed by atoms with E-state index in [0.29, 0.717) is 22.9 Å². The standard InChI is InChI=1S/C25H32N4O2S/c1-14(2)16-6-8-17(9-7-16)24-29-20-10-18(25(4,5)31)19(11-22(20)32-24)28-23(30)21-13-26-12-15(3)27-21/h10-14,16-17,31H,6-9H2,1-5H3,(H,28,30)/t16-,17-. The van der Waals surface area contributed by atoms with Gasteiger partial charge in [0.05, 0.1) is 32.7 Å². The molecule has 1 aromatic carbocycles. The Labute approximate surface area is 193 Å². The van der Waals surface area contributed by atoms with Crippen LogP contribution in [-0.2, 0) is 5.60 Å². The number of anilines is 1. The lowest BCUT2D eigenvalue weighted by Gasteiger charge is -2.29. The van der Waals surface area contributed by atoms with E-state index in [0.717, 1.165) is 27.1 Å². The molecule has 0 saturated heterocycles. The van der Waals surface area contributed by atoms with Crippen molar-refractivity contribution in [3.05, 3.63) is 46.5 Å².